The van der Waals surface area contributed by atoms with Crippen molar-refractivity contribution in [3.8, 4) is 10.4 Å². The van der Waals surface area contributed by atoms with E-state index in [9.17, 15) is 4.79 Å². The molecule has 3 aromatic rings. The smallest absolute Gasteiger partial charge is 0.251 e. The van der Waals surface area contributed by atoms with Crippen molar-refractivity contribution in [1.29, 1.82) is 0 Å². The molecule has 0 radical (unpaired) electrons. The molecule has 2 heterocycles. The monoisotopic (exact) mass is 390 g/mol. The fraction of sp³-hybridized carbons (Fsp3) is 0.292. The zero-order chi connectivity index (χ0) is 19.3. The lowest BCUT2D eigenvalue weighted by atomic mass is 10.0. The molecule has 1 aliphatic heterocycles. The Morgan fingerprint density at radius 3 is 2.57 bits per heavy atom. The van der Waals surface area contributed by atoms with Gasteiger partial charge in [-0.2, -0.15) is 0 Å². The molecule has 1 N–H and O–H groups in total. The van der Waals surface area contributed by atoms with Gasteiger partial charge in [-0.15, -0.1) is 11.3 Å². The number of piperidine rings is 1. The summed E-state index contributed by atoms with van der Waals surface area (Å²) < 4.78 is 0. The van der Waals surface area contributed by atoms with Gasteiger partial charge in [0.25, 0.3) is 5.91 Å². The lowest BCUT2D eigenvalue weighted by Crippen LogP contribution is -2.44. The number of nitrogens with one attached hydrogen (secondary N) is 1. The van der Waals surface area contributed by atoms with E-state index in [4.69, 9.17) is 0 Å². The molecular formula is C24H26N2OS. The number of carbonyl (C=O) groups is 1. The number of aryl methyl sites for hydroxylation is 1. The number of benzene rings is 2. The minimum absolute atomic E-state index is 0.0436. The summed E-state index contributed by atoms with van der Waals surface area (Å²) in [6.45, 7) is 5.04. The average molecular weight is 391 g/mol. The topological polar surface area (TPSA) is 32.3 Å². The molecule has 2 aromatic carbocycles. The molecule has 1 amide bonds. The van der Waals surface area contributed by atoms with Crippen LogP contribution in [-0.2, 0) is 6.54 Å². The second-order valence-electron chi connectivity index (χ2n) is 7.57. The largest absolute Gasteiger partial charge is 0.349 e. The van der Waals surface area contributed by atoms with Gasteiger partial charge in [0.2, 0.25) is 0 Å². The molecule has 0 bridgehead atoms. The first-order chi connectivity index (χ1) is 13.7. The summed E-state index contributed by atoms with van der Waals surface area (Å²) in [6.07, 6.45) is 2.00. The van der Waals surface area contributed by atoms with E-state index in [0.29, 0.717) is 0 Å². The van der Waals surface area contributed by atoms with Gasteiger partial charge in [0.1, 0.15) is 0 Å². The molecule has 3 nitrogen and oxygen atoms in total. The standard InChI is InChI=1S/C24H26N2OS/c1-18-7-9-20(10-8-18)24(27)25-22-11-13-26(14-12-22)17-19-4-2-5-21(16-19)23-6-3-15-28-23/h2-10,15-16,22H,11-14,17H2,1H3,(H,25,27). The van der Waals surface area contributed by atoms with Gasteiger partial charge in [0.15, 0.2) is 0 Å². The van der Waals surface area contributed by atoms with Crippen molar-refractivity contribution in [1.82, 2.24) is 10.2 Å². The second-order valence-corrected chi connectivity index (χ2v) is 8.52. The summed E-state index contributed by atoms with van der Waals surface area (Å²) in [7, 11) is 0. The second kappa shape index (κ2) is 8.72. The highest BCUT2D eigenvalue weighted by Gasteiger charge is 2.21. The summed E-state index contributed by atoms with van der Waals surface area (Å²) >= 11 is 1.78. The highest BCUT2D eigenvalue weighted by Crippen LogP contribution is 2.26. The minimum atomic E-state index is 0.0436. The summed E-state index contributed by atoms with van der Waals surface area (Å²) in [5, 5.41) is 5.33. The summed E-state index contributed by atoms with van der Waals surface area (Å²) in [5.74, 6) is 0.0436. The Balaban J connectivity index is 1.29. The van der Waals surface area contributed by atoms with Crippen molar-refractivity contribution < 1.29 is 4.79 Å². The molecule has 0 unspecified atom stereocenters. The molecule has 0 aliphatic carbocycles. The zero-order valence-electron chi connectivity index (χ0n) is 16.2. The summed E-state index contributed by atoms with van der Waals surface area (Å²) in [6, 6.07) is 21.2. The molecule has 144 valence electrons. The average Bonchev–Trinajstić information content (AvgIpc) is 3.25. The van der Waals surface area contributed by atoms with Gasteiger partial charge in [-0.3, -0.25) is 9.69 Å². The highest BCUT2D eigenvalue weighted by molar-refractivity contribution is 7.13. The van der Waals surface area contributed by atoms with E-state index in [-0.39, 0.29) is 11.9 Å². The zero-order valence-corrected chi connectivity index (χ0v) is 17.0. The van der Waals surface area contributed by atoms with Crippen LogP contribution in [0, 0.1) is 6.92 Å². The predicted octanol–water partition coefficient (Wildman–Crippen LogP) is 5.12. The summed E-state index contributed by atoms with van der Waals surface area (Å²) in [5.41, 5.74) is 4.58. The van der Waals surface area contributed by atoms with Crippen molar-refractivity contribution in [2.45, 2.75) is 32.4 Å². The van der Waals surface area contributed by atoms with Gasteiger partial charge in [-0.25, -0.2) is 0 Å². The highest BCUT2D eigenvalue weighted by atomic mass is 32.1. The van der Waals surface area contributed by atoms with Crippen LogP contribution in [-0.4, -0.2) is 29.9 Å². The Morgan fingerprint density at radius 2 is 1.86 bits per heavy atom. The Bertz CT molecular complexity index is 910. The maximum atomic E-state index is 12.4. The first kappa shape index (κ1) is 18.9. The van der Waals surface area contributed by atoms with Crippen LogP contribution in [0.2, 0.25) is 0 Å². The van der Waals surface area contributed by atoms with Crippen molar-refractivity contribution in [2.75, 3.05) is 13.1 Å². The van der Waals surface area contributed by atoms with Crippen molar-refractivity contribution >= 4 is 17.2 Å². The first-order valence-corrected chi connectivity index (χ1v) is 10.8. The SMILES string of the molecule is Cc1ccc(C(=O)NC2CCN(Cc3cccc(-c4cccs4)c3)CC2)cc1. The predicted molar refractivity (Wildman–Crippen MR) is 117 cm³/mol. The van der Waals surface area contributed by atoms with Crippen LogP contribution in [0.3, 0.4) is 0 Å². The maximum absolute atomic E-state index is 12.4. The van der Waals surface area contributed by atoms with Gasteiger partial charge in [-0.1, -0.05) is 42.0 Å². The Morgan fingerprint density at radius 1 is 1.07 bits per heavy atom. The fourth-order valence-electron chi connectivity index (χ4n) is 3.73. The Kier molecular flexibility index (Phi) is 5.89. The number of nitrogens with zero attached hydrogens (tertiary/aromatic N) is 1. The van der Waals surface area contributed by atoms with E-state index < -0.39 is 0 Å². The van der Waals surface area contributed by atoms with E-state index in [1.807, 2.05) is 31.2 Å². The third kappa shape index (κ3) is 4.70. The third-order valence-electron chi connectivity index (χ3n) is 5.38. The van der Waals surface area contributed by atoms with E-state index >= 15 is 0 Å². The third-order valence-corrected chi connectivity index (χ3v) is 6.29. The van der Waals surface area contributed by atoms with Crippen LogP contribution in [0.15, 0.2) is 66.0 Å². The number of amides is 1. The van der Waals surface area contributed by atoms with Gasteiger partial charge in [0, 0.05) is 36.1 Å². The molecule has 0 atom stereocenters. The van der Waals surface area contributed by atoms with Crippen molar-refractivity contribution in [3.05, 3.63) is 82.7 Å². The quantitative estimate of drug-likeness (QED) is 0.656. The van der Waals surface area contributed by atoms with Crippen LogP contribution in [0.5, 0.6) is 0 Å². The van der Waals surface area contributed by atoms with Crippen LogP contribution < -0.4 is 5.32 Å². The van der Waals surface area contributed by atoms with E-state index in [1.54, 1.807) is 11.3 Å². The molecular weight excluding hydrogens is 364 g/mol. The molecule has 1 saturated heterocycles. The fourth-order valence-corrected chi connectivity index (χ4v) is 4.46. The number of thiophene rings is 1. The summed E-state index contributed by atoms with van der Waals surface area (Å²) in [4.78, 5) is 16.2. The molecule has 0 spiro atoms. The first-order valence-electron chi connectivity index (χ1n) is 9.90. The van der Waals surface area contributed by atoms with Gasteiger partial charge in [0.05, 0.1) is 0 Å². The normalized spacial score (nSPS) is 15.5. The lowest BCUT2D eigenvalue weighted by Gasteiger charge is -2.32. The van der Waals surface area contributed by atoms with Crippen LogP contribution in [0.1, 0.15) is 34.3 Å². The number of likely N-dealkylation sites (tertiary alicyclic amines) is 1. The van der Waals surface area contributed by atoms with Crippen LogP contribution in [0.4, 0.5) is 0 Å². The van der Waals surface area contributed by atoms with Crippen molar-refractivity contribution in [3.63, 3.8) is 0 Å². The van der Waals surface area contributed by atoms with E-state index in [0.717, 1.165) is 38.0 Å². The maximum Gasteiger partial charge on any atom is 0.251 e. The molecule has 1 fully saturated rings. The number of carbonyl (C=O) groups excluding carboxylic acids is 1. The Hall–Kier alpha value is -2.43. The molecule has 0 saturated carbocycles. The molecule has 1 aliphatic rings. The van der Waals surface area contributed by atoms with E-state index in [2.05, 4.69) is 52.0 Å². The van der Waals surface area contributed by atoms with Gasteiger partial charge in [-0.05, 0) is 60.5 Å². The van der Waals surface area contributed by atoms with Crippen molar-refractivity contribution in [2.24, 2.45) is 0 Å². The Labute approximate surface area is 171 Å². The number of rotatable bonds is 5. The molecule has 1 aromatic heterocycles. The van der Waals surface area contributed by atoms with Crippen LogP contribution >= 0.6 is 11.3 Å². The van der Waals surface area contributed by atoms with Gasteiger partial charge < -0.3 is 5.32 Å². The number of hydrogen-bond acceptors (Lipinski definition) is 3. The number of hydrogen-bond donors (Lipinski definition) is 1. The minimum Gasteiger partial charge on any atom is -0.349 e. The van der Waals surface area contributed by atoms with Crippen LogP contribution in [0.25, 0.3) is 10.4 Å². The molecule has 28 heavy (non-hydrogen) atoms. The van der Waals surface area contributed by atoms with E-state index in [1.165, 1.54) is 21.6 Å². The van der Waals surface area contributed by atoms with Gasteiger partial charge >= 0.3 is 0 Å². The molecule has 4 heteroatoms. The molecule has 4 rings (SSSR count). The lowest BCUT2D eigenvalue weighted by molar-refractivity contribution is 0.0909.